The third-order valence-corrected chi connectivity index (χ3v) is 3.91. The van der Waals surface area contributed by atoms with Crippen LogP contribution in [0.2, 0.25) is 5.02 Å². The van der Waals surface area contributed by atoms with Gasteiger partial charge in [0.1, 0.15) is 5.82 Å². The van der Waals surface area contributed by atoms with Crippen molar-refractivity contribution in [2.75, 3.05) is 26.0 Å². The summed E-state index contributed by atoms with van der Waals surface area (Å²) >= 11 is 5.84. The third kappa shape index (κ3) is 3.74. The SMILES string of the molecule is CNC(Cc1cccc(Cl)c1F)c1ccc(N(C)C)cc1. The molecule has 2 nitrogen and oxygen atoms in total. The molecular formula is C17H20ClFN2. The fraction of sp³-hybridized carbons (Fsp3) is 0.294. The van der Waals surface area contributed by atoms with Crippen LogP contribution in [-0.4, -0.2) is 21.1 Å². The Balaban J connectivity index is 2.21. The van der Waals surface area contributed by atoms with Gasteiger partial charge in [-0.2, -0.15) is 0 Å². The molecule has 2 rings (SSSR count). The van der Waals surface area contributed by atoms with Crippen LogP contribution in [0.25, 0.3) is 0 Å². The van der Waals surface area contributed by atoms with Crippen molar-refractivity contribution in [3.05, 3.63) is 64.4 Å². The second kappa shape index (κ2) is 6.92. The van der Waals surface area contributed by atoms with Gasteiger partial charge in [0, 0.05) is 25.8 Å². The van der Waals surface area contributed by atoms with Crippen LogP contribution in [-0.2, 0) is 6.42 Å². The predicted molar refractivity (Wildman–Crippen MR) is 87.7 cm³/mol. The number of benzene rings is 2. The van der Waals surface area contributed by atoms with Crippen molar-refractivity contribution >= 4 is 17.3 Å². The lowest BCUT2D eigenvalue weighted by Gasteiger charge is -2.19. The zero-order valence-corrected chi connectivity index (χ0v) is 13.3. The van der Waals surface area contributed by atoms with E-state index in [4.69, 9.17) is 11.6 Å². The molecule has 0 amide bonds. The zero-order valence-electron chi connectivity index (χ0n) is 12.5. The van der Waals surface area contributed by atoms with E-state index in [0.717, 1.165) is 11.3 Å². The largest absolute Gasteiger partial charge is 0.378 e. The molecule has 0 radical (unpaired) electrons. The Labute approximate surface area is 130 Å². The van der Waals surface area contributed by atoms with Crippen molar-refractivity contribution in [3.63, 3.8) is 0 Å². The van der Waals surface area contributed by atoms with E-state index in [1.807, 2.05) is 21.1 Å². The predicted octanol–water partition coefficient (Wildman–Crippen LogP) is 4.05. The molecule has 112 valence electrons. The normalized spacial score (nSPS) is 12.2. The number of likely N-dealkylation sites (N-methyl/N-ethyl adjacent to an activating group) is 1. The summed E-state index contributed by atoms with van der Waals surface area (Å²) in [4.78, 5) is 2.05. The van der Waals surface area contributed by atoms with Crippen molar-refractivity contribution in [1.29, 1.82) is 0 Å². The number of anilines is 1. The van der Waals surface area contributed by atoms with Gasteiger partial charge in [0.2, 0.25) is 0 Å². The lowest BCUT2D eigenvalue weighted by Crippen LogP contribution is -2.19. The fourth-order valence-electron chi connectivity index (χ4n) is 2.32. The fourth-order valence-corrected chi connectivity index (χ4v) is 2.51. The number of nitrogens with zero attached hydrogens (tertiary/aromatic N) is 1. The van der Waals surface area contributed by atoms with Gasteiger partial charge < -0.3 is 10.2 Å². The summed E-state index contributed by atoms with van der Waals surface area (Å²) in [6.07, 6.45) is 0.560. The Kier molecular flexibility index (Phi) is 5.21. The molecule has 0 heterocycles. The maximum atomic E-state index is 14.0. The molecule has 0 aliphatic carbocycles. The molecule has 0 saturated carbocycles. The molecule has 0 aromatic heterocycles. The van der Waals surface area contributed by atoms with Gasteiger partial charge >= 0.3 is 0 Å². The Morgan fingerprint density at radius 2 is 1.81 bits per heavy atom. The van der Waals surface area contributed by atoms with Crippen LogP contribution in [0.15, 0.2) is 42.5 Å². The molecule has 1 N–H and O–H groups in total. The van der Waals surface area contributed by atoms with Gasteiger partial charge in [0.05, 0.1) is 5.02 Å². The minimum absolute atomic E-state index is 0.0502. The molecule has 1 atom stereocenters. The highest BCUT2D eigenvalue weighted by molar-refractivity contribution is 6.30. The van der Waals surface area contributed by atoms with Gasteiger partial charge in [-0.05, 0) is 42.8 Å². The average molecular weight is 307 g/mol. The van der Waals surface area contributed by atoms with Gasteiger partial charge in [-0.25, -0.2) is 4.39 Å². The van der Waals surface area contributed by atoms with Gasteiger partial charge in [-0.1, -0.05) is 35.9 Å². The van der Waals surface area contributed by atoms with Crippen LogP contribution >= 0.6 is 11.6 Å². The molecule has 0 aliphatic heterocycles. The molecule has 1 unspecified atom stereocenters. The van der Waals surface area contributed by atoms with E-state index >= 15 is 0 Å². The summed E-state index contributed by atoms with van der Waals surface area (Å²) in [7, 11) is 5.89. The summed E-state index contributed by atoms with van der Waals surface area (Å²) in [6, 6.07) is 13.4. The highest BCUT2D eigenvalue weighted by Gasteiger charge is 2.14. The van der Waals surface area contributed by atoms with Crippen LogP contribution in [0.5, 0.6) is 0 Å². The first-order chi connectivity index (χ1) is 10.0. The van der Waals surface area contributed by atoms with E-state index < -0.39 is 0 Å². The van der Waals surface area contributed by atoms with Gasteiger partial charge in [0.15, 0.2) is 0 Å². The zero-order chi connectivity index (χ0) is 15.4. The number of nitrogens with one attached hydrogen (secondary N) is 1. The maximum Gasteiger partial charge on any atom is 0.145 e. The van der Waals surface area contributed by atoms with E-state index in [-0.39, 0.29) is 16.9 Å². The molecule has 0 saturated heterocycles. The highest BCUT2D eigenvalue weighted by atomic mass is 35.5. The van der Waals surface area contributed by atoms with E-state index in [0.29, 0.717) is 12.0 Å². The summed E-state index contributed by atoms with van der Waals surface area (Å²) in [5.74, 6) is -0.329. The minimum atomic E-state index is -0.329. The Morgan fingerprint density at radius 1 is 1.14 bits per heavy atom. The maximum absolute atomic E-state index is 14.0. The monoisotopic (exact) mass is 306 g/mol. The minimum Gasteiger partial charge on any atom is -0.378 e. The second-order valence-electron chi connectivity index (χ2n) is 5.24. The van der Waals surface area contributed by atoms with E-state index in [2.05, 4.69) is 34.5 Å². The highest BCUT2D eigenvalue weighted by Crippen LogP contribution is 2.25. The van der Waals surface area contributed by atoms with Crippen LogP contribution in [0.1, 0.15) is 17.2 Å². The molecule has 4 heteroatoms. The van der Waals surface area contributed by atoms with Crippen LogP contribution in [0.3, 0.4) is 0 Å². The first-order valence-corrected chi connectivity index (χ1v) is 7.28. The van der Waals surface area contributed by atoms with Crippen molar-refractivity contribution in [2.45, 2.75) is 12.5 Å². The van der Waals surface area contributed by atoms with Crippen molar-refractivity contribution < 1.29 is 4.39 Å². The molecule has 0 spiro atoms. The van der Waals surface area contributed by atoms with Gasteiger partial charge in [-0.15, -0.1) is 0 Å². The van der Waals surface area contributed by atoms with Crippen molar-refractivity contribution in [3.8, 4) is 0 Å². The Hall–Kier alpha value is -1.58. The van der Waals surface area contributed by atoms with E-state index in [1.54, 1.807) is 18.2 Å². The molecular weight excluding hydrogens is 287 g/mol. The summed E-state index contributed by atoms with van der Waals surface area (Å²) in [6.45, 7) is 0. The average Bonchev–Trinajstić information content (AvgIpc) is 2.49. The number of hydrogen-bond donors (Lipinski definition) is 1. The molecule has 2 aromatic rings. The van der Waals surface area contributed by atoms with Crippen molar-refractivity contribution in [2.24, 2.45) is 0 Å². The number of rotatable bonds is 5. The Morgan fingerprint density at radius 3 is 2.38 bits per heavy atom. The first-order valence-electron chi connectivity index (χ1n) is 6.90. The lowest BCUT2D eigenvalue weighted by molar-refractivity contribution is 0.554. The first kappa shape index (κ1) is 15.8. The van der Waals surface area contributed by atoms with Crippen molar-refractivity contribution in [1.82, 2.24) is 5.32 Å². The molecule has 0 aliphatic rings. The summed E-state index contributed by atoms with van der Waals surface area (Å²) in [5.41, 5.74) is 2.89. The van der Waals surface area contributed by atoms with Crippen LogP contribution in [0.4, 0.5) is 10.1 Å². The Bertz CT molecular complexity index is 596. The topological polar surface area (TPSA) is 15.3 Å². The third-order valence-electron chi connectivity index (χ3n) is 3.62. The summed E-state index contributed by atoms with van der Waals surface area (Å²) in [5, 5.41) is 3.41. The second-order valence-corrected chi connectivity index (χ2v) is 5.65. The molecule has 21 heavy (non-hydrogen) atoms. The molecule has 0 bridgehead atoms. The smallest absolute Gasteiger partial charge is 0.145 e. The standard InChI is InChI=1S/C17H20ClFN2/c1-20-16(11-13-5-4-6-15(18)17(13)19)12-7-9-14(10-8-12)21(2)3/h4-10,16,20H,11H2,1-3H3. The van der Waals surface area contributed by atoms with E-state index in [1.165, 1.54) is 0 Å². The molecule has 2 aromatic carbocycles. The van der Waals surface area contributed by atoms with Gasteiger partial charge in [-0.3, -0.25) is 0 Å². The lowest BCUT2D eigenvalue weighted by atomic mass is 9.98. The van der Waals surface area contributed by atoms with Crippen LogP contribution < -0.4 is 10.2 Å². The van der Waals surface area contributed by atoms with Gasteiger partial charge in [0.25, 0.3) is 0 Å². The number of halogens is 2. The number of hydrogen-bond acceptors (Lipinski definition) is 2. The van der Waals surface area contributed by atoms with E-state index in [9.17, 15) is 4.39 Å². The summed E-state index contributed by atoms with van der Waals surface area (Å²) < 4.78 is 14.0. The molecule has 0 fully saturated rings. The quantitative estimate of drug-likeness (QED) is 0.896. The van der Waals surface area contributed by atoms with Crippen LogP contribution in [0, 0.1) is 5.82 Å².